The van der Waals surface area contributed by atoms with Crippen molar-refractivity contribution in [1.29, 1.82) is 0 Å². The SMILES string of the molecule is O=C(N/N=C\c1ccc(O)c(I)c1)c1ccc(Cl)cc1. The third-order valence-corrected chi connectivity index (χ3v) is 3.57. The molecule has 0 spiro atoms. The van der Waals surface area contributed by atoms with E-state index in [9.17, 15) is 9.90 Å². The molecule has 1 amide bonds. The highest BCUT2D eigenvalue weighted by atomic mass is 127. The summed E-state index contributed by atoms with van der Waals surface area (Å²) in [7, 11) is 0. The zero-order valence-electron chi connectivity index (χ0n) is 10.2. The van der Waals surface area contributed by atoms with Gasteiger partial charge in [-0.1, -0.05) is 11.6 Å². The van der Waals surface area contributed by atoms with Gasteiger partial charge in [-0.2, -0.15) is 5.10 Å². The summed E-state index contributed by atoms with van der Waals surface area (Å²) in [6.45, 7) is 0. The molecule has 0 aromatic heterocycles. The topological polar surface area (TPSA) is 61.7 Å². The van der Waals surface area contributed by atoms with Crippen LogP contribution in [-0.4, -0.2) is 17.2 Å². The van der Waals surface area contributed by atoms with Crippen LogP contribution in [0.5, 0.6) is 5.75 Å². The molecule has 0 aliphatic rings. The molecule has 2 N–H and O–H groups in total. The number of carbonyl (C=O) groups excluding carboxylic acids is 1. The summed E-state index contributed by atoms with van der Waals surface area (Å²) in [6.07, 6.45) is 1.51. The lowest BCUT2D eigenvalue weighted by atomic mass is 10.2. The predicted molar refractivity (Wildman–Crippen MR) is 87.3 cm³/mol. The van der Waals surface area contributed by atoms with Crippen LogP contribution in [0, 0.1) is 3.57 Å². The van der Waals surface area contributed by atoms with E-state index in [2.05, 4.69) is 10.5 Å². The number of aromatic hydroxyl groups is 1. The molecule has 0 heterocycles. The molecule has 4 nitrogen and oxygen atoms in total. The molecule has 2 aromatic carbocycles. The molecule has 0 unspecified atom stereocenters. The molecule has 20 heavy (non-hydrogen) atoms. The lowest BCUT2D eigenvalue weighted by Gasteiger charge is -2.00. The number of nitrogens with one attached hydrogen (secondary N) is 1. The van der Waals surface area contributed by atoms with Crippen LogP contribution in [0.15, 0.2) is 47.6 Å². The van der Waals surface area contributed by atoms with Crippen molar-refractivity contribution in [3.63, 3.8) is 0 Å². The second kappa shape index (κ2) is 6.71. The molecule has 0 saturated carbocycles. The zero-order valence-corrected chi connectivity index (χ0v) is 13.1. The van der Waals surface area contributed by atoms with Gasteiger partial charge >= 0.3 is 0 Å². The van der Waals surface area contributed by atoms with Crippen LogP contribution in [0.3, 0.4) is 0 Å². The maximum absolute atomic E-state index is 11.8. The van der Waals surface area contributed by atoms with Crippen molar-refractivity contribution in [1.82, 2.24) is 5.43 Å². The van der Waals surface area contributed by atoms with E-state index >= 15 is 0 Å². The van der Waals surface area contributed by atoms with Gasteiger partial charge in [0, 0.05) is 10.6 Å². The fourth-order valence-corrected chi connectivity index (χ4v) is 2.10. The Balaban J connectivity index is 2.00. The van der Waals surface area contributed by atoms with Gasteiger partial charge in [0.15, 0.2) is 0 Å². The van der Waals surface area contributed by atoms with Crippen LogP contribution in [0.4, 0.5) is 0 Å². The van der Waals surface area contributed by atoms with Crippen molar-refractivity contribution in [2.45, 2.75) is 0 Å². The van der Waals surface area contributed by atoms with Crippen LogP contribution in [0.2, 0.25) is 5.02 Å². The smallest absolute Gasteiger partial charge is 0.271 e. The molecule has 0 fully saturated rings. The van der Waals surface area contributed by atoms with E-state index in [1.807, 2.05) is 22.6 Å². The summed E-state index contributed by atoms with van der Waals surface area (Å²) in [5.74, 6) is -0.0978. The molecule has 6 heteroatoms. The second-order valence-corrected chi connectivity index (χ2v) is 5.52. The number of benzene rings is 2. The fourth-order valence-electron chi connectivity index (χ4n) is 1.43. The van der Waals surface area contributed by atoms with Gasteiger partial charge in [0.25, 0.3) is 5.91 Å². The highest BCUT2D eigenvalue weighted by Crippen LogP contribution is 2.19. The standard InChI is InChI=1S/C14H10ClIN2O2/c15-11-4-2-10(3-5-11)14(20)18-17-8-9-1-6-13(19)12(16)7-9/h1-8,19H,(H,18,20)/b17-8-. The van der Waals surface area contributed by atoms with Gasteiger partial charge in [-0.25, -0.2) is 5.43 Å². The Morgan fingerprint density at radius 1 is 1.25 bits per heavy atom. The normalized spacial score (nSPS) is 10.7. The minimum atomic E-state index is -0.314. The molecule has 0 radical (unpaired) electrons. The number of phenols is 1. The molecule has 0 atom stereocenters. The molecular weight excluding hydrogens is 391 g/mol. The number of nitrogens with zero attached hydrogens (tertiary/aromatic N) is 1. The summed E-state index contributed by atoms with van der Waals surface area (Å²) in [4.78, 5) is 11.8. The third-order valence-electron chi connectivity index (χ3n) is 2.46. The van der Waals surface area contributed by atoms with Crippen LogP contribution < -0.4 is 5.43 Å². The molecule has 2 aromatic rings. The minimum Gasteiger partial charge on any atom is -0.507 e. The predicted octanol–water partition coefficient (Wildman–Crippen LogP) is 3.41. The number of halogens is 2. The van der Waals surface area contributed by atoms with Gasteiger partial charge in [-0.05, 0) is 70.6 Å². The monoisotopic (exact) mass is 400 g/mol. The maximum Gasteiger partial charge on any atom is 0.271 e. The Labute approximate surface area is 134 Å². The number of hydrogen-bond donors (Lipinski definition) is 2. The Bertz CT molecular complexity index is 657. The van der Waals surface area contributed by atoms with Crippen LogP contribution >= 0.6 is 34.2 Å². The van der Waals surface area contributed by atoms with E-state index in [4.69, 9.17) is 11.6 Å². The summed E-state index contributed by atoms with van der Waals surface area (Å²) in [6, 6.07) is 11.6. The van der Waals surface area contributed by atoms with Crippen molar-refractivity contribution in [3.05, 3.63) is 62.2 Å². The van der Waals surface area contributed by atoms with E-state index in [0.717, 1.165) is 9.13 Å². The van der Waals surface area contributed by atoms with E-state index in [-0.39, 0.29) is 11.7 Å². The summed E-state index contributed by atoms with van der Waals surface area (Å²) < 4.78 is 0.718. The highest BCUT2D eigenvalue weighted by Gasteiger charge is 2.03. The number of amides is 1. The first-order valence-corrected chi connectivity index (χ1v) is 7.09. The molecule has 0 saturated heterocycles. The van der Waals surface area contributed by atoms with E-state index in [1.54, 1.807) is 42.5 Å². The number of phenolic OH excluding ortho intramolecular Hbond substituents is 1. The summed E-state index contributed by atoms with van der Waals surface area (Å²) in [5, 5.41) is 13.8. The van der Waals surface area contributed by atoms with Crippen molar-refractivity contribution in [3.8, 4) is 5.75 Å². The number of hydrogen-bond acceptors (Lipinski definition) is 3. The average Bonchev–Trinajstić information content (AvgIpc) is 2.43. The van der Waals surface area contributed by atoms with Crippen molar-refractivity contribution >= 4 is 46.3 Å². The Morgan fingerprint density at radius 2 is 1.95 bits per heavy atom. The van der Waals surface area contributed by atoms with Gasteiger partial charge in [-0.3, -0.25) is 4.79 Å². The van der Waals surface area contributed by atoms with E-state index in [1.165, 1.54) is 6.21 Å². The fraction of sp³-hybridized carbons (Fsp3) is 0. The van der Waals surface area contributed by atoms with Crippen molar-refractivity contribution < 1.29 is 9.90 Å². The second-order valence-electron chi connectivity index (χ2n) is 3.92. The summed E-state index contributed by atoms with van der Waals surface area (Å²) in [5.41, 5.74) is 3.68. The van der Waals surface area contributed by atoms with Gasteiger partial charge in [0.05, 0.1) is 9.78 Å². The van der Waals surface area contributed by atoms with Crippen LogP contribution in [0.1, 0.15) is 15.9 Å². The highest BCUT2D eigenvalue weighted by molar-refractivity contribution is 14.1. The molecule has 102 valence electrons. The van der Waals surface area contributed by atoms with Crippen molar-refractivity contribution in [2.24, 2.45) is 5.10 Å². The number of carbonyl (C=O) groups is 1. The van der Waals surface area contributed by atoms with Crippen LogP contribution in [0.25, 0.3) is 0 Å². The Morgan fingerprint density at radius 3 is 2.60 bits per heavy atom. The lowest BCUT2D eigenvalue weighted by molar-refractivity contribution is 0.0955. The number of hydrazone groups is 1. The Kier molecular flexibility index (Phi) is 4.97. The van der Waals surface area contributed by atoms with Gasteiger partial charge < -0.3 is 5.11 Å². The third kappa shape index (κ3) is 3.94. The average molecular weight is 401 g/mol. The van der Waals surface area contributed by atoms with E-state index < -0.39 is 0 Å². The van der Waals surface area contributed by atoms with Gasteiger partial charge in [-0.15, -0.1) is 0 Å². The van der Waals surface area contributed by atoms with Crippen LogP contribution in [-0.2, 0) is 0 Å². The van der Waals surface area contributed by atoms with Crippen molar-refractivity contribution in [2.75, 3.05) is 0 Å². The largest absolute Gasteiger partial charge is 0.507 e. The first-order chi connectivity index (χ1) is 9.56. The van der Waals surface area contributed by atoms with E-state index in [0.29, 0.717) is 10.6 Å². The first kappa shape index (κ1) is 14.8. The Hall–Kier alpha value is -1.60. The van der Waals surface area contributed by atoms with Gasteiger partial charge in [0.2, 0.25) is 0 Å². The molecule has 0 aliphatic carbocycles. The summed E-state index contributed by atoms with van der Waals surface area (Å²) >= 11 is 7.76. The quantitative estimate of drug-likeness (QED) is 0.471. The maximum atomic E-state index is 11.8. The zero-order chi connectivity index (χ0) is 14.5. The molecule has 2 rings (SSSR count). The minimum absolute atomic E-state index is 0.216. The first-order valence-electron chi connectivity index (χ1n) is 5.64. The molecule has 0 bridgehead atoms. The number of rotatable bonds is 3. The molecular formula is C14H10ClIN2O2. The van der Waals surface area contributed by atoms with Gasteiger partial charge in [0.1, 0.15) is 5.75 Å². The lowest BCUT2D eigenvalue weighted by Crippen LogP contribution is -2.17. The molecule has 0 aliphatic heterocycles.